The van der Waals surface area contributed by atoms with Gasteiger partial charge in [0.25, 0.3) is 0 Å². The predicted octanol–water partition coefficient (Wildman–Crippen LogP) is 6.52. The molecule has 0 spiro atoms. The molecule has 0 aromatic heterocycles. The van der Waals surface area contributed by atoms with Crippen molar-refractivity contribution >= 4 is 0 Å². The van der Waals surface area contributed by atoms with Gasteiger partial charge in [0.1, 0.15) is 0 Å². The van der Waals surface area contributed by atoms with Crippen LogP contribution in [0.1, 0.15) is 136 Å². The first-order valence-electron chi connectivity index (χ1n) is 12.1. The van der Waals surface area contributed by atoms with E-state index in [4.69, 9.17) is 0 Å². The molecule has 3 heteroatoms. The summed E-state index contributed by atoms with van der Waals surface area (Å²) in [6.07, 6.45) is 21.1. The summed E-state index contributed by atoms with van der Waals surface area (Å²) in [5.41, 5.74) is 0. The van der Waals surface area contributed by atoms with Crippen LogP contribution in [0.4, 0.5) is 0 Å². The van der Waals surface area contributed by atoms with E-state index in [1.807, 2.05) is 6.92 Å². The molecule has 0 saturated carbocycles. The van der Waals surface area contributed by atoms with Crippen LogP contribution in [0.15, 0.2) is 0 Å². The summed E-state index contributed by atoms with van der Waals surface area (Å²) in [7, 11) is 0. The van der Waals surface area contributed by atoms with Crippen molar-refractivity contribution in [3.63, 3.8) is 0 Å². The Labute approximate surface area is 170 Å². The maximum Gasteiger partial charge on any atom is 0.0540 e. The minimum atomic E-state index is -0.121. The Morgan fingerprint density at radius 2 is 0.704 bits per heavy atom. The summed E-state index contributed by atoms with van der Waals surface area (Å²) in [5, 5.41) is 29.2. The fraction of sp³-hybridized carbons (Fsp3) is 1.00. The average molecular weight is 387 g/mol. The molecular weight excluding hydrogens is 336 g/mol. The highest BCUT2D eigenvalue weighted by molar-refractivity contribution is 4.59. The lowest BCUT2D eigenvalue weighted by Gasteiger charge is -2.11. The zero-order valence-corrected chi connectivity index (χ0v) is 18.5. The molecule has 0 rings (SSSR count). The summed E-state index contributed by atoms with van der Waals surface area (Å²) in [4.78, 5) is 0. The zero-order chi connectivity index (χ0) is 20.2. The van der Waals surface area contributed by atoms with Crippen LogP contribution in [0.5, 0.6) is 0 Å². The van der Waals surface area contributed by atoms with Gasteiger partial charge in [0, 0.05) is 0 Å². The van der Waals surface area contributed by atoms with Crippen molar-refractivity contribution in [1.29, 1.82) is 0 Å². The van der Waals surface area contributed by atoms with Crippen LogP contribution in [-0.2, 0) is 0 Å². The van der Waals surface area contributed by atoms with E-state index in [2.05, 4.69) is 6.92 Å². The standard InChI is InChI=1S/C24H50O3/c1-3-17-23(26)19-15-12-16-21-24(27)20-14-11-9-7-5-6-8-10-13-18-22(25)4-2/h22-27H,3-21H2,1-2H3. The Balaban J connectivity index is 3.22. The highest BCUT2D eigenvalue weighted by Gasteiger charge is 2.05. The van der Waals surface area contributed by atoms with E-state index in [0.29, 0.717) is 0 Å². The van der Waals surface area contributed by atoms with Crippen molar-refractivity contribution in [1.82, 2.24) is 0 Å². The zero-order valence-electron chi connectivity index (χ0n) is 18.5. The quantitative estimate of drug-likeness (QED) is 0.197. The molecule has 0 aliphatic carbocycles. The van der Waals surface area contributed by atoms with Gasteiger partial charge in [-0.15, -0.1) is 0 Å². The SMILES string of the molecule is CCCC(O)CCCCCC(O)CCCCCCCCCCCC(O)CC. The van der Waals surface area contributed by atoms with Crippen LogP contribution < -0.4 is 0 Å². The van der Waals surface area contributed by atoms with Crippen molar-refractivity contribution in [2.24, 2.45) is 0 Å². The third kappa shape index (κ3) is 20.4. The molecule has 0 aliphatic rings. The van der Waals surface area contributed by atoms with Crippen LogP contribution in [0.25, 0.3) is 0 Å². The molecule has 27 heavy (non-hydrogen) atoms. The number of hydrogen-bond acceptors (Lipinski definition) is 3. The van der Waals surface area contributed by atoms with Crippen molar-refractivity contribution in [2.45, 2.75) is 154 Å². The highest BCUT2D eigenvalue weighted by atomic mass is 16.3. The van der Waals surface area contributed by atoms with Crippen LogP contribution in [-0.4, -0.2) is 33.6 Å². The molecule has 0 fully saturated rings. The van der Waals surface area contributed by atoms with Crippen molar-refractivity contribution in [2.75, 3.05) is 0 Å². The van der Waals surface area contributed by atoms with Gasteiger partial charge in [0.15, 0.2) is 0 Å². The van der Waals surface area contributed by atoms with E-state index in [1.54, 1.807) is 0 Å². The number of aliphatic hydroxyl groups is 3. The van der Waals surface area contributed by atoms with Crippen LogP contribution in [0.2, 0.25) is 0 Å². The van der Waals surface area contributed by atoms with Gasteiger partial charge in [0.05, 0.1) is 18.3 Å². The Morgan fingerprint density at radius 3 is 1.07 bits per heavy atom. The van der Waals surface area contributed by atoms with Gasteiger partial charge in [-0.25, -0.2) is 0 Å². The summed E-state index contributed by atoms with van der Waals surface area (Å²) < 4.78 is 0. The van der Waals surface area contributed by atoms with E-state index >= 15 is 0 Å². The normalized spacial score (nSPS) is 15.0. The molecule has 3 nitrogen and oxygen atoms in total. The molecule has 0 bridgehead atoms. The topological polar surface area (TPSA) is 60.7 Å². The minimum absolute atomic E-state index is 0.0842. The summed E-state index contributed by atoms with van der Waals surface area (Å²) in [6, 6.07) is 0. The molecule has 0 aromatic carbocycles. The second-order valence-corrected chi connectivity index (χ2v) is 8.56. The van der Waals surface area contributed by atoms with Crippen LogP contribution in [0, 0.1) is 0 Å². The number of unbranched alkanes of at least 4 members (excludes halogenated alkanes) is 10. The monoisotopic (exact) mass is 386 g/mol. The third-order valence-corrected chi connectivity index (χ3v) is 5.74. The molecule has 0 heterocycles. The second-order valence-electron chi connectivity index (χ2n) is 8.56. The molecule has 3 unspecified atom stereocenters. The lowest BCUT2D eigenvalue weighted by molar-refractivity contribution is 0.140. The van der Waals surface area contributed by atoms with Crippen molar-refractivity contribution in [3.05, 3.63) is 0 Å². The van der Waals surface area contributed by atoms with E-state index in [0.717, 1.165) is 70.6 Å². The lowest BCUT2D eigenvalue weighted by atomic mass is 10.0. The maximum absolute atomic E-state index is 10.1. The minimum Gasteiger partial charge on any atom is -0.393 e. The number of aliphatic hydroxyl groups excluding tert-OH is 3. The second kappa shape index (κ2) is 20.6. The maximum atomic E-state index is 10.1. The Hall–Kier alpha value is -0.120. The van der Waals surface area contributed by atoms with Gasteiger partial charge in [0.2, 0.25) is 0 Å². The Kier molecular flexibility index (Phi) is 20.5. The lowest BCUT2D eigenvalue weighted by Crippen LogP contribution is -2.07. The van der Waals surface area contributed by atoms with Crippen molar-refractivity contribution in [3.8, 4) is 0 Å². The number of rotatable bonds is 21. The molecular formula is C24H50O3. The molecule has 0 aromatic rings. The molecule has 0 amide bonds. The van der Waals surface area contributed by atoms with E-state index in [-0.39, 0.29) is 18.3 Å². The first-order valence-corrected chi connectivity index (χ1v) is 12.1. The van der Waals surface area contributed by atoms with Crippen LogP contribution in [0.3, 0.4) is 0 Å². The number of hydrogen-bond donors (Lipinski definition) is 3. The van der Waals surface area contributed by atoms with Gasteiger partial charge in [-0.2, -0.15) is 0 Å². The van der Waals surface area contributed by atoms with E-state index in [1.165, 1.54) is 51.4 Å². The van der Waals surface area contributed by atoms with Gasteiger partial charge in [-0.3, -0.25) is 0 Å². The molecule has 164 valence electrons. The fourth-order valence-electron chi connectivity index (χ4n) is 3.76. The third-order valence-electron chi connectivity index (χ3n) is 5.74. The average Bonchev–Trinajstić information content (AvgIpc) is 2.65. The highest BCUT2D eigenvalue weighted by Crippen LogP contribution is 2.15. The Morgan fingerprint density at radius 1 is 0.407 bits per heavy atom. The van der Waals surface area contributed by atoms with Gasteiger partial charge in [-0.1, -0.05) is 97.3 Å². The first-order chi connectivity index (χ1) is 13.1. The molecule has 3 atom stereocenters. The van der Waals surface area contributed by atoms with Gasteiger partial charge < -0.3 is 15.3 Å². The van der Waals surface area contributed by atoms with Crippen molar-refractivity contribution < 1.29 is 15.3 Å². The summed E-state index contributed by atoms with van der Waals surface area (Å²) in [6.45, 7) is 4.16. The summed E-state index contributed by atoms with van der Waals surface area (Å²) >= 11 is 0. The largest absolute Gasteiger partial charge is 0.393 e. The van der Waals surface area contributed by atoms with Gasteiger partial charge >= 0.3 is 0 Å². The summed E-state index contributed by atoms with van der Waals surface area (Å²) in [5.74, 6) is 0. The Bertz CT molecular complexity index is 283. The molecule has 0 saturated heterocycles. The predicted molar refractivity (Wildman–Crippen MR) is 117 cm³/mol. The smallest absolute Gasteiger partial charge is 0.0540 e. The van der Waals surface area contributed by atoms with E-state index < -0.39 is 0 Å². The fourth-order valence-corrected chi connectivity index (χ4v) is 3.76. The molecule has 0 aliphatic heterocycles. The van der Waals surface area contributed by atoms with E-state index in [9.17, 15) is 15.3 Å². The van der Waals surface area contributed by atoms with Gasteiger partial charge in [-0.05, 0) is 38.5 Å². The van der Waals surface area contributed by atoms with Crippen LogP contribution >= 0.6 is 0 Å². The molecule has 0 radical (unpaired) electrons. The molecule has 3 N–H and O–H groups in total. The first kappa shape index (κ1) is 26.9.